The molecule has 0 bridgehead atoms. The lowest BCUT2D eigenvalue weighted by Crippen LogP contribution is -2.41. The lowest BCUT2D eigenvalue weighted by Gasteiger charge is -2.10. The van der Waals surface area contributed by atoms with Crippen LogP contribution >= 0.6 is 0 Å². The molecule has 29 heavy (non-hydrogen) atoms. The molecule has 0 saturated carbocycles. The first-order valence-electron chi connectivity index (χ1n) is 9.57. The summed E-state index contributed by atoms with van der Waals surface area (Å²) in [6.45, 7) is 6.28. The standard InChI is InChI=1S/C22H28N4O3/c1-15(2)21(28)26-19-10-8-18(9-11-19)12-23-20(27)14-25-22(29)24-13-17-6-4-16(3)5-7-17/h4-11,15H,12-14H2,1-3H3,(H,23,27)(H,26,28)(H2,24,25,29). The fourth-order valence-electron chi connectivity index (χ4n) is 2.37. The Kier molecular flexibility index (Phi) is 8.21. The molecule has 4 amide bonds. The molecule has 0 atom stereocenters. The molecular formula is C22H28N4O3. The van der Waals surface area contributed by atoms with E-state index >= 15 is 0 Å². The van der Waals surface area contributed by atoms with Crippen LogP contribution in [0.3, 0.4) is 0 Å². The molecule has 0 aliphatic heterocycles. The van der Waals surface area contributed by atoms with Crippen LogP contribution in [0.4, 0.5) is 10.5 Å². The van der Waals surface area contributed by atoms with Crippen molar-refractivity contribution >= 4 is 23.5 Å². The molecule has 0 spiro atoms. The van der Waals surface area contributed by atoms with Crippen LogP contribution in [-0.2, 0) is 22.7 Å². The molecule has 0 fully saturated rings. The largest absolute Gasteiger partial charge is 0.350 e. The zero-order valence-electron chi connectivity index (χ0n) is 17.0. The second-order valence-electron chi connectivity index (χ2n) is 7.14. The molecule has 7 nitrogen and oxygen atoms in total. The van der Waals surface area contributed by atoms with E-state index in [4.69, 9.17) is 0 Å². The number of rotatable bonds is 8. The Bertz CT molecular complexity index is 830. The van der Waals surface area contributed by atoms with Crippen LogP contribution in [0.2, 0.25) is 0 Å². The van der Waals surface area contributed by atoms with E-state index in [0.717, 1.165) is 16.7 Å². The number of benzene rings is 2. The normalized spacial score (nSPS) is 10.3. The topological polar surface area (TPSA) is 99.3 Å². The molecular weight excluding hydrogens is 368 g/mol. The zero-order valence-corrected chi connectivity index (χ0v) is 17.0. The van der Waals surface area contributed by atoms with Crippen LogP contribution in [0.15, 0.2) is 48.5 Å². The first kappa shape index (κ1) is 21.9. The third kappa shape index (κ3) is 8.04. The second kappa shape index (κ2) is 10.8. The van der Waals surface area contributed by atoms with Crippen molar-refractivity contribution in [2.45, 2.75) is 33.9 Å². The van der Waals surface area contributed by atoms with E-state index in [2.05, 4.69) is 21.3 Å². The van der Waals surface area contributed by atoms with Gasteiger partial charge in [-0.05, 0) is 30.2 Å². The number of hydrogen-bond donors (Lipinski definition) is 4. The molecule has 0 unspecified atom stereocenters. The number of amides is 4. The van der Waals surface area contributed by atoms with E-state index in [1.807, 2.05) is 57.2 Å². The average Bonchev–Trinajstić information content (AvgIpc) is 2.71. The summed E-state index contributed by atoms with van der Waals surface area (Å²) in [5.74, 6) is -0.416. The van der Waals surface area contributed by atoms with Gasteiger partial charge in [0.15, 0.2) is 0 Å². The maximum absolute atomic E-state index is 11.9. The highest BCUT2D eigenvalue weighted by atomic mass is 16.2. The monoisotopic (exact) mass is 396 g/mol. The van der Waals surface area contributed by atoms with Gasteiger partial charge in [-0.25, -0.2) is 4.79 Å². The molecule has 0 saturated heterocycles. The van der Waals surface area contributed by atoms with Crippen molar-refractivity contribution in [2.75, 3.05) is 11.9 Å². The van der Waals surface area contributed by atoms with Gasteiger partial charge in [0.2, 0.25) is 11.8 Å². The lowest BCUT2D eigenvalue weighted by atomic mass is 10.1. The Morgan fingerprint density at radius 1 is 0.793 bits per heavy atom. The number of anilines is 1. The van der Waals surface area contributed by atoms with Crippen LogP contribution in [0.5, 0.6) is 0 Å². The minimum absolute atomic E-state index is 0.0437. The summed E-state index contributed by atoms with van der Waals surface area (Å²) < 4.78 is 0. The Balaban J connectivity index is 1.66. The van der Waals surface area contributed by atoms with Crippen LogP contribution in [0, 0.1) is 12.8 Å². The van der Waals surface area contributed by atoms with Gasteiger partial charge < -0.3 is 21.3 Å². The smallest absolute Gasteiger partial charge is 0.315 e. The highest BCUT2D eigenvalue weighted by molar-refractivity contribution is 5.92. The third-order valence-electron chi connectivity index (χ3n) is 4.22. The van der Waals surface area contributed by atoms with Gasteiger partial charge in [0, 0.05) is 24.7 Å². The fraction of sp³-hybridized carbons (Fsp3) is 0.318. The Hall–Kier alpha value is -3.35. The Morgan fingerprint density at radius 3 is 1.93 bits per heavy atom. The summed E-state index contributed by atoms with van der Waals surface area (Å²) >= 11 is 0. The Morgan fingerprint density at radius 2 is 1.34 bits per heavy atom. The Labute approximate surface area is 171 Å². The minimum Gasteiger partial charge on any atom is -0.350 e. The summed E-state index contributed by atoms with van der Waals surface area (Å²) in [5, 5.41) is 10.8. The SMILES string of the molecule is Cc1ccc(CNC(=O)NCC(=O)NCc2ccc(NC(=O)C(C)C)cc2)cc1. The van der Waals surface area contributed by atoms with Gasteiger partial charge in [-0.1, -0.05) is 55.8 Å². The third-order valence-corrected chi connectivity index (χ3v) is 4.22. The second-order valence-corrected chi connectivity index (χ2v) is 7.14. The minimum atomic E-state index is -0.397. The van der Waals surface area contributed by atoms with E-state index in [1.54, 1.807) is 12.1 Å². The molecule has 0 aromatic heterocycles. The molecule has 2 rings (SSSR count). The van der Waals surface area contributed by atoms with Crippen LogP contribution in [-0.4, -0.2) is 24.4 Å². The summed E-state index contributed by atoms with van der Waals surface area (Å²) in [5.41, 5.74) is 3.75. The fourth-order valence-corrected chi connectivity index (χ4v) is 2.37. The van der Waals surface area contributed by atoms with Crippen molar-refractivity contribution < 1.29 is 14.4 Å². The van der Waals surface area contributed by atoms with E-state index in [9.17, 15) is 14.4 Å². The maximum Gasteiger partial charge on any atom is 0.315 e. The molecule has 0 heterocycles. The number of urea groups is 1. The van der Waals surface area contributed by atoms with Gasteiger partial charge in [0.1, 0.15) is 0 Å². The van der Waals surface area contributed by atoms with E-state index in [1.165, 1.54) is 0 Å². The van der Waals surface area contributed by atoms with Gasteiger partial charge in [0.05, 0.1) is 6.54 Å². The summed E-state index contributed by atoms with van der Waals surface area (Å²) in [6, 6.07) is 14.7. The van der Waals surface area contributed by atoms with E-state index in [-0.39, 0.29) is 24.3 Å². The average molecular weight is 396 g/mol. The van der Waals surface area contributed by atoms with Crippen molar-refractivity contribution in [3.8, 4) is 0 Å². The van der Waals surface area contributed by atoms with Crippen molar-refractivity contribution in [2.24, 2.45) is 5.92 Å². The number of hydrogen-bond acceptors (Lipinski definition) is 3. The van der Waals surface area contributed by atoms with Gasteiger partial charge >= 0.3 is 6.03 Å². The van der Waals surface area contributed by atoms with Crippen LogP contribution in [0.25, 0.3) is 0 Å². The zero-order chi connectivity index (χ0) is 21.2. The van der Waals surface area contributed by atoms with Gasteiger partial charge in [-0.3, -0.25) is 9.59 Å². The predicted molar refractivity (Wildman–Crippen MR) is 113 cm³/mol. The molecule has 154 valence electrons. The van der Waals surface area contributed by atoms with Gasteiger partial charge in [-0.2, -0.15) is 0 Å². The molecule has 7 heteroatoms. The predicted octanol–water partition coefficient (Wildman–Crippen LogP) is 2.71. The van der Waals surface area contributed by atoms with Crippen molar-refractivity contribution in [3.63, 3.8) is 0 Å². The van der Waals surface area contributed by atoms with Gasteiger partial charge in [0.25, 0.3) is 0 Å². The van der Waals surface area contributed by atoms with Crippen molar-refractivity contribution in [1.82, 2.24) is 16.0 Å². The van der Waals surface area contributed by atoms with E-state index < -0.39 is 6.03 Å². The quantitative estimate of drug-likeness (QED) is 0.552. The number of nitrogens with one attached hydrogen (secondary N) is 4. The first-order chi connectivity index (χ1) is 13.8. The maximum atomic E-state index is 11.9. The van der Waals surface area contributed by atoms with Crippen LogP contribution < -0.4 is 21.3 Å². The highest BCUT2D eigenvalue weighted by Gasteiger charge is 2.08. The summed E-state index contributed by atoms with van der Waals surface area (Å²) in [4.78, 5) is 35.4. The molecule has 0 aliphatic rings. The number of aryl methyl sites for hydroxylation is 1. The van der Waals surface area contributed by atoms with Gasteiger partial charge in [-0.15, -0.1) is 0 Å². The summed E-state index contributed by atoms with van der Waals surface area (Å²) in [7, 11) is 0. The van der Waals surface area contributed by atoms with E-state index in [0.29, 0.717) is 18.8 Å². The number of carbonyl (C=O) groups is 3. The number of carbonyl (C=O) groups excluding carboxylic acids is 3. The van der Waals surface area contributed by atoms with Crippen molar-refractivity contribution in [3.05, 3.63) is 65.2 Å². The van der Waals surface area contributed by atoms with Crippen molar-refractivity contribution in [1.29, 1.82) is 0 Å². The van der Waals surface area contributed by atoms with Crippen LogP contribution in [0.1, 0.15) is 30.5 Å². The highest BCUT2D eigenvalue weighted by Crippen LogP contribution is 2.11. The summed E-state index contributed by atoms with van der Waals surface area (Å²) in [6.07, 6.45) is 0. The lowest BCUT2D eigenvalue weighted by molar-refractivity contribution is -0.120. The molecule has 0 aliphatic carbocycles. The molecule has 4 N–H and O–H groups in total. The first-order valence-corrected chi connectivity index (χ1v) is 9.57. The molecule has 2 aromatic carbocycles. The molecule has 2 aromatic rings. The molecule has 0 radical (unpaired) electrons.